The Balaban J connectivity index is 2.00. The zero-order valence-corrected chi connectivity index (χ0v) is 9.62. The van der Waals surface area contributed by atoms with Crippen LogP contribution in [0, 0.1) is 0 Å². The normalized spacial score (nSPS) is 24.4. The van der Waals surface area contributed by atoms with Gasteiger partial charge in [-0.1, -0.05) is 0 Å². The van der Waals surface area contributed by atoms with Crippen molar-refractivity contribution in [2.45, 2.75) is 6.10 Å². The van der Waals surface area contributed by atoms with Crippen molar-refractivity contribution in [3.63, 3.8) is 0 Å². The second kappa shape index (κ2) is 6.35. The largest absolute Gasteiger partial charge is 0.374 e. The fourth-order valence-electron chi connectivity index (χ4n) is 1.56. The van der Waals surface area contributed by atoms with Gasteiger partial charge < -0.3 is 19.9 Å². The molecule has 0 radical (unpaired) electrons. The summed E-state index contributed by atoms with van der Waals surface area (Å²) in [6.45, 7) is 6.08. The molecule has 4 heteroatoms. The van der Waals surface area contributed by atoms with Crippen molar-refractivity contribution in [1.29, 1.82) is 0 Å². The molecule has 0 amide bonds. The van der Waals surface area contributed by atoms with Gasteiger partial charge in [0.05, 0.1) is 12.7 Å². The minimum atomic E-state index is 0.371. The SMILES string of the molecule is CN(C)CCNCC1CN(C)CCO1. The molecule has 1 saturated heterocycles. The molecule has 0 aromatic heterocycles. The van der Waals surface area contributed by atoms with E-state index in [1.807, 2.05) is 0 Å². The van der Waals surface area contributed by atoms with Crippen LogP contribution in [0.1, 0.15) is 0 Å². The summed E-state index contributed by atoms with van der Waals surface area (Å²) in [5.41, 5.74) is 0. The van der Waals surface area contributed by atoms with Crippen molar-refractivity contribution in [1.82, 2.24) is 15.1 Å². The standard InChI is InChI=1S/C10H23N3O/c1-12(2)5-4-11-8-10-9-13(3)6-7-14-10/h10-11H,4-9H2,1-3H3. The van der Waals surface area contributed by atoms with Crippen molar-refractivity contribution in [3.05, 3.63) is 0 Å². The monoisotopic (exact) mass is 201 g/mol. The Labute approximate surface area is 87.2 Å². The summed E-state index contributed by atoms with van der Waals surface area (Å²) in [6, 6.07) is 0. The van der Waals surface area contributed by atoms with E-state index >= 15 is 0 Å². The number of hydrogen-bond acceptors (Lipinski definition) is 4. The molecule has 1 unspecified atom stereocenters. The minimum absolute atomic E-state index is 0.371. The predicted octanol–water partition coefficient (Wildman–Crippen LogP) is -0.532. The number of hydrogen-bond donors (Lipinski definition) is 1. The van der Waals surface area contributed by atoms with Gasteiger partial charge in [-0.25, -0.2) is 0 Å². The molecule has 0 bridgehead atoms. The zero-order valence-electron chi connectivity index (χ0n) is 9.62. The van der Waals surface area contributed by atoms with E-state index in [9.17, 15) is 0 Å². The summed E-state index contributed by atoms with van der Waals surface area (Å²) in [5, 5.41) is 3.41. The van der Waals surface area contributed by atoms with E-state index in [4.69, 9.17) is 4.74 Å². The van der Waals surface area contributed by atoms with E-state index in [0.29, 0.717) is 6.10 Å². The molecule has 1 aliphatic heterocycles. The van der Waals surface area contributed by atoms with Gasteiger partial charge in [-0.2, -0.15) is 0 Å². The Morgan fingerprint density at radius 1 is 1.50 bits per heavy atom. The van der Waals surface area contributed by atoms with Gasteiger partial charge in [0.15, 0.2) is 0 Å². The highest BCUT2D eigenvalue weighted by Crippen LogP contribution is 2.00. The third-order valence-corrected chi connectivity index (χ3v) is 2.45. The highest BCUT2D eigenvalue weighted by molar-refractivity contribution is 4.70. The summed E-state index contributed by atoms with van der Waals surface area (Å²) in [4.78, 5) is 4.50. The van der Waals surface area contributed by atoms with Gasteiger partial charge >= 0.3 is 0 Å². The van der Waals surface area contributed by atoms with Crippen LogP contribution in [-0.2, 0) is 4.74 Å². The van der Waals surface area contributed by atoms with Crippen LogP contribution in [0.3, 0.4) is 0 Å². The molecule has 1 N–H and O–H groups in total. The highest BCUT2D eigenvalue weighted by atomic mass is 16.5. The Morgan fingerprint density at radius 3 is 2.93 bits per heavy atom. The quantitative estimate of drug-likeness (QED) is 0.605. The Morgan fingerprint density at radius 2 is 2.29 bits per heavy atom. The average Bonchev–Trinajstić information content (AvgIpc) is 2.12. The highest BCUT2D eigenvalue weighted by Gasteiger charge is 2.16. The molecular formula is C10H23N3O. The van der Waals surface area contributed by atoms with E-state index in [2.05, 4.69) is 36.3 Å². The lowest BCUT2D eigenvalue weighted by Gasteiger charge is -2.30. The Kier molecular flexibility index (Phi) is 5.40. The molecule has 1 heterocycles. The van der Waals surface area contributed by atoms with Crippen molar-refractivity contribution >= 4 is 0 Å². The predicted molar refractivity (Wildman–Crippen MR) is 58.7 cm³/mol. The molecular weight excluding hydrogens is 178 g/mol. The molecule has 0 aromatic carbocycles. The van der Waals surface area contributed by atoms with Crippen LogP contribution >= 0.6 is 0 Å². The second-order valence-corrected chi connectivity index (χ2v) is 4.26. The Hall–Kier alpha value is -0.160. The number of nitrogens with one attached hydrogen (secondary N) is 1. The van der Waals surface area contributed by atoms with Crippen LogP contribution < -0.4 is 5.32 Å². The van der Waals surface area contributed by atoms with Gasteiger partial charge in [-0.3, -0.25) is 0 Å². The molecule has 1 fully saturated rings. The molecule has 0 aromatic rings. The summed E-state index contributed by atoms with van der Waals surface area (Å²) in [7, 11) is 6.33. The summed E-state index contributed by atoms with van der Waals surface area (Å²) in [5.74, 6) is 0. The van der Waals surface area contributed by atoms with Crippen LogP contribution in [0.15, 0.2) is 0 Å². The fraction of sp³-hybridized carbons (Fsp3) is 1.00. The van der Waals surface area contributed by atoms with Crippen molar-refractivity contribution in [2.75, 3.05) is 60.5 Å². The summed E-state index contributed by atoms with van der Waals surface area (Å²) >= 11 is 0. The molecule has 0 aliphatic carbocycles. The first-order valence-corrected chi connectivity index (χ1v) is 5.34. The third-order valence-electron chi connectivity index (χ3n) is 2.45. The molecule has 0 spiro atoms. The lowest BCUT2D eigenvalue weighted by atomic mass is 10.3. The fourth-order valence-corrected chi connectivity index (χ4v) is 1.56. The molecule has 0 saturated carbocycles. The molecule has 1 rings (SSSR count). The summed E-state index contributed by atoms with van der Waals surface area (Å²) < 4.78 is 5.64. The van der Waals surface area contributed by atoms with E-state index < -0.39 is 0 Å². The lowest BCUT2D eigenvalue weighted by Crippen LogP contribution is -2.45. The average molecular weight is 201 g/mol. The number of morpholine rings is 1. The smallest absolute Gasteiger partial charge is 0.0826 e. The zero-order chi connectivity index (χ0) is 10.4. The van der Waals surface area contributed by atoms with Gasteiger partial charge in [0.2, 0.25) is 0 Å². The van der Waals surface area contributed by atoms with E-state index in [-0.39, 0.29) is 0 Å². The van der Waals surface area contributed by atoms with Gasteiger partial charge in [-0.05, 0) is 21.1 Å². The van der Waals surface area contributed by atoms with E-state index in [1.54, 1.807) is 0 Å². The van der Waals surface area contributed by atoms with Crippen LogP contribution in [0.2, 0.25) is 0 Å². The lowest BCUT2D eigenvalue weighted by molar-refractivity contribution is -0.0180. The van der Waals surface area contributed by atoms with Gasteiger partial charge in [-0.15, -0.1) is 0 Å². The minimum Gasteiger partial charge on any atom is -0.374 e. The number of likely N-dealkylation sites (N-methyl/N-ethyl adjacent to an activating group) is 2. The first-order chi connectivity index (χ1) is 6.68. The topological polar surface area (TPSA) is 27.7 Å². The summed E-state index contributed by atoms with van der Waals surface area (Å²) in [6.07, 6.45) is 0.371. The molecule has 84 valence electrons. The van der Waals surface area contributed by atoms with E-state index in [1.165, 1.54) is 0 Å². The maximum atomic E-state index is 5.64. The van der Waals surface area contributed by atoms with Gasteiger partial charge in [0.25, 0.3) is 0 Å². The third kappa shape index (κ3) is 4.91. The van der Waals surface area contributed by atoms with Crippen molar-refractivity contribution < 1.29 is 4.74 Å². The molecule has 14 heavy (non-hydrogen) atoms. The van der Waals surface area contributed by atoms with Gasteiger partial charge in [0.1, 0.15) is 0 Å². The van der Waals surface area contributed by atoms with Crippen molar-refractivity contribution in [3.8, 4) is 0 Å². The van der Waals surface area contributed by atoms with Gasteiger partial charge in [0, 0.05) is 32.7 Å². The van der Waals surface area contributed by atoms with Crippen LogP contribution in [0.25, 0.3) is 0 Å². The number of rotatable bonds is 5. The number of nitrogens with zero attached hydrogens (tertiary/aromatic N) is 2. The molecule has 4 nitrogen and oxygen atoms in total. The van der Waals surface area contributed by atoms with Crippen LogP contribution in [-0.4, -0.2) is 76.4 Å². The van der Waals surface area contributed by atoms with Crippen molar-refractivity contribution in [2.24, 2.45) is 0 Å². The number of ether oxygens (including phenoxy) is 1. The first-order valence-electron chi connectivity index (χ1n) is 5.34. The molecule has 1 aliphatic rings. The molecule has 1 atom stereocenters. The van der Waals surface area contributed by atoms with Crippen LogP contribution in [0.4, 0.5) is 0 Å². The maximum absolute atomic E-state index is 5.64. The first kappa shape index (κ1) is 11.9. The maximum Gasteiger partial charge on any atom is 0.0826 e. The van der Waals surface area contributed by atoms with E-state index in [0.717, 1.165) is 39.3 Å². The van der Waals surface area contributed by atoms with Crippen LogP contribution in [0.5, 0.6) is 0 Å². The Bertz CT molecular complexity index is 152. The second-order valence-electron chi connectivity index (χ2n) is 4.26.